The molecule has 0 radical (unpaired) electrons. The van der Waals surface area contributed by atoms with Gasteiger partial charge in [0.05, 0.1) is 11.3 Å². The molecule has 2 heterocycles. The number of hydrogen-bond donors (Lipinski definition) is 1. The fourth-order valence-electron chi connectivity index (χ4n) is 4.11. The molecule has 0 aliphatic heterocycles. The largest absolute Gasteiger partial charge is 0.418 e. The lowest BCUT2D eigenvalue weighted by molar-refractivity contribution is -0.138. The second-order valence-corrected chi connectivity index (χ2v) is 8.10. The van der Waals surface area contributed by atoms with Gasteiger partial charge in [0, 0.05) is 29.2 Å². The van der Waals surface area contributed by atoms with Gasteiger partial charge in [-0.2, -0.15) is 13.2 Å². The Morgan fingerprint density at radius 2 is 1.92 bits per heavy atom. The summed E-state index contributed by atoms with van der Waals surface area (Å²) >= 11 is 0. The molecule has 1 unspecified atom stereocenters. The molecule has 0 saturated heterocycles. The van der Waals surface area contributed by atoms with Crippen molar-refractivity contribution in [1.82, 2.24) is 14.5 Å². The highest BCUT2D eigenvalue weighted by Crippen LogP contribution is 2.63. The normalized spacial score (nSPS) is 25.8. The van der Waals surface area contributed by atoms with Crippen molar-refractivity contribution >= 4 is 0 Å². The van der Waals surface area contributed by atoms with Crippen LogP contribution in [0.5, 0.6) is 0 Å². The number of imidazole rings is 1. The number of rotatable bonds is 4. The minimum atomic E-state index is -4.45. The molecular weight excluding hydrogens is 343 g/mol. The zero-order valence-electron chi connectivity index (χ0n) is 15.0. The molecule has 1 N–H and O–H groups in total. The van der Waals surface area contributed by atoms with E-state index in [9.17, 15) is 18.3 Å². The molecule has 3 aliphatic carbocycles. The van der Waals surface area contributed by atoms with E-state index in [0.717, 1.165) is 31.2 Å². The lowest BCUT2D eigenvalue weighted by Gasteiger charge is -2.62. The molecule has 3 fully saturated rings. The van der Waals surface area contributed by atoms with Crippen LogP contribution in [0.3, 0.4) is 0 Å². The van der Waals surface area contributed by atoms with Gasteiger partial charge >= 0.3 is 6.18 Å². The molecule has 140 valence electrons. The molecule has 0 amide bonds. The minimum absolute atomic E-state index is 0.00783. The Morgan fingerprint density at radius 1 is 1.27 bits per heavy atom. The third-order valence-corrected chi connectivity index (χ3v) is 5.83. The van der Waals surface area contributed by atoms with E-state index in [-0.39, 0.29) is 17.2 Å². The maximum Gasteiger partial charge on any atom is 0.418 e. The van der Waals surface area contributed by atoms with E-state index in [1.54, 1.807) is 6.20 Å². The van der Waals surface area contributed by atoms with Crippen LogP contribution in [-0.4, -0.2) is 19.6 Å². The van der Waals surface area contributed by atoms with Gasteiger partial charge in [0.25, 0.3) is 0 Å². The lowest BCUT2D eigenvalue weighted by Crippen LogP contribution is -2.59. The fourth-order valence-corrected chi connectivity index (χ4v) is 4.11. The Labute approximate surface area is 150 Å². The van der Waals surface area contributed by atoms with Crippen molar-refractivity contribution in [2.24, 2.45) is 11.8 Å². The van der Waals surface area contributed by atoms with Crippen LogP contribution in [0.4, 0.5) is 13.2 Å². The van der Waals surface area contributed by atoms with E-state index in [1.165, 1.54) is 13.1 Å². The molecule has 26 heavy (non-hydrogen) atoms. The first-order valence-corrected chi connectivity index (χ1v) is 8.93. The molecule has 4 nitrogen and oxygen atoms in total. The summed E-state index contributed by atoms with van der Waals surface area (Å²) < 4.78 is 41.7. The molecule has 1 atom stereocenters. The van der Waals surface area contributed by atoms with Crippen LogP contribution in [0.15, 0.2) is 18.5 Å². The zero-order valence-corrected chi connectivity index (χ0v) is 15.0. The number of aliphatic hydroxyl groups excluding tert-OH is 1. The fraction of sp³-hybridized carbons (Fsp3) is 0.579. The van der Waals surface area contributed by atoms with E-state index in [1.807, 2.05) is 18.4 Å². The Hall–Kier alpha value is -1.89. The van der Waals surface area contributed by atoms with Crippen LogP contribution < -0.4 is 0 Å². The average Bonchev–Trinajstić information content (AvgIpc) is 2.87. The smallest absolute Gasteiger partial charge is 0.385 e. The SMILES string of the molecule is Cc1ncc(-c2cn(C34CC(C3)C4)c(C(O)C(C)C)n2)cc1C(F)(F)F. The van der Waals surface area contributed by atoms with Gasteiger partial charge in [-0.05, 0) is 44.1 Å². The summed E-state index contributed by atoms with van der Waals surface area (Å²) in [6.07, 6.45) is 1.18. The van der Waals surface area contributed by atoms with Crippen LogP contribution in [0.1, 0.15) is 56.3 Å². The molecule has 0 spiro atoms. The quantitative estimate of drug-likeness (QED) is 0.870. The molecular formula is C19H22F3N3O. The van der Waals surface area contributed by atoms with Gasteiger partial charge in [-0.15, -0.1) is 0 Å². The third kappa shape index (κ3) is 2.55. The van der Waals surface area contributed by atoms with E-state index in [0.29, 0.717) is 17.1 Å². The van der Waals surface area contributed by atoms with E-state index < -0.39 is 17.8 Å². The summed E-state index contributed by atoms with van der Waals surface area (Å²) in [4.78, 5) is 8.45. The van der Waals surface area contributed by atoms with Gasteiger partial charge in [0.2, 0.25) is 0 Å². The van der Waals surface area contributed by atoms with Crippen LogP contribution in [0.25, 0.3) is 11.3 Å². The number of aromatic nitrogens is 3. The molecule has 3 aliphatic rings. The second-order valence-electron chi connectivity index (χ2n) is 8.10. The summed E-state index contributed by atoms with van der Waals surface area (Å²) in [7, 11) is 0. The highest BCUT2D eigenvalue weighted by atomic mass is 19.4. The van der Waals surface area contributed by atoms with Crippen molar-refractivity contribution in [2.45, 2.75) is 57.9 Å². The summed E-state index contributed by atoms with van der Waals surface area (Å²) in [6, 6.07) is 1.10. The average molecular weight is 365 g/mol. The Bertz CT molecular complexity index is 839. The van der Waals surface area contributed by atoms with Gasteiger partial charge < -0.3 is 9.67 Å². The molecule has 2 aromatic heterocycles. The number of nitrogens with zero attached hydrogens (tertiary/aromatic N) is 3. The zero-order chi connectivity index (χ0) is 18.9. The summed E-state index contributed by atoms with van der Waals surface area (Å²) in [6.45, 7) is 5.15. The first kappa shape index (κ1) is 17.5. The highest BCUT2D eigenvalue weighted by Gasteiger charge is 2.58. The van der Waals surface area contributed by atoms with Crippen LogP contribution in [-0.2, 0) is 11.7 Å². The lowest BCUT2D eigenvalue weighted by atomic mass is 9.49. The van der Waals surface area contributed by atoms with Gasteiger partial charge in [-0.1, -0.05) is 13.8 Å². The summed E-state index contributed by atoms with van der Waals surface area (Å²) in [5, 5.41) is 10.6. The predicted molar refractivity (Wildman–Crippen MR) is 90.3 cm³/mol. The van der Waals surface area contributed by atoms with Crippen LogP contribution in [0.2, 0.25) is 0 Å². The maximum atomic E-state index is 13.2. The van der Waals surface area contributed by atoms with Crippen molar-refractivity contribution in [3.05, 3.63) is 35.5 Å². The molecule has 2 aromatic rings. The maximum absolute atomic E-state index is 13.2. The van der Waals surface area contributed by atoms with Crippen molar-refractivity contribution in [3.63, 3.8) is 0 Å². The molecule has 7 heteroatoms. The molecule has 2 bridgehead atoms. The predicted octanol–water partition coefficient (Wildman–Crippen LogP) is 4.47. The Morgan fingerprint density at radius 3 is 2.42 bits per heavy atom. The Balaban J connectivity index is 1.79. The van der Waals surface area contributed by atoms with Crippen LogP contribution >= 0.6 is 0 Å². The topological polar surface area (TPSA) is 50.9 Å². The number of aryl methyl sites for hydroxylation is 1. The second kappa shape index (κ2) is 5.55. The summed E-state index contributed by atoms with van der Waals surface area (Å²) in [5.41, 5.74) is -0.0528. The molecule has 5 rings (SSSR count). The summed E-state index contributed by atoms with van der Waals surface area (Å²) in [5.74, 6) is 1.25. The van der Waals surface area contributed by atoms with Gasteiger partial charge in [-0.25, -0.2) is 4.98 Å². The van der Waals surface area contributed by atoms with Gasteiger partial charge in [-0.3, -0.25) is 4.98 Å². The molecule has 3 saturated carbocycles. The van der Waals surface area contributed by atoms with E-state index in [4.69, 9.17) is 0 Å². The number of halogens is 3. The first-order chi connectivity index (χ1) is 12.1. The van der Waals surface area contributed by atoms with Crippen molar-refractivity contribution in [1.29, 1.82) is 0 Å². The van der Waals surface area contributed by atoms with E-state index in [2.05, 4.69) is 9.97 Å². The van der Waals surface area contributed by atoms with Crippen LogP contribution in [0, 0.1) is 18.8 Å². The number of alkyl halides is 3. The standard InChI is InChI=1S/C19H22F3N3O/c1-10(2)16(26)17-24-15(9-25(17)18-5-12(6-18)7-18)13-4-14(19(20,21)22)11(3)23-8-13/h4,8-10,12,16,26H,5-7H2,1-3H3. The van der Waals surface area contributed by atoms with Crippen molar-refractivity contribution in [3.8, 4) is 11.3 Å². The Kier molecular flexibility index (Phi) is 3.74. The first-order valence-electron chi connectivity index (χ1n) is 8.93. The van der Waals surface area contributed by atoms with Gasteiger partial charge in [0.1, 0.15) is 11.9 Å². The number of hydrogen-bond acceptors (Lipinski definition) is 3. The van der Waals surface area contributed by atoms with Gasteiger partial charge in [0.15, 0.2) is 0 Å². The monoisotopic (exact) mass is 365 g/mol. The number of aliphatic hydroxyl groups is 1. The van der Waals surface area contributed by atoms with E-state index >= 15 is 0 Å². The number of pyridine rings is 1. The van der Waals surface area contributed by atoms with Crippen molar-refractivity contribution in [2.75, 3.05) is 0 Å². The minimum Gasteiger partial charge on any atom is -0.385 e. The van der Waals surface area contributed by atoms with Crippen molar-refractivity contribution < 1.29 is 18.3 Å². The third-order valence-electron chi connectivity index (χ3n) is 5.83. The molecule has 0 aromatic carbocycles. The highest BCUT2D eigenvalue weighted by molar-refractivity contribution is 5.59.